The summed E-state index contributed by atoms with van der Waals surface area (Å²) in [5.74, 6) is 0.738. The number of nitrogens with zero attached hydrogens (tertiary/aromatic N) is 2. The van der Waals surface area contributed by atoms with Crippen LogP contribution in [-0.2, 0) is 16.4 Å². The van der Waals surface area contributed by atoms with E-state index in [1.165, 1.54) is 10.5 Å². The highest BCUT2D eigenvalue weighted by atomic mass is 32.2. The third-order valence-corrected chi connectivity index (χ3v) is 7.15. The van der Waals surface area contributed by atoms with E-state index in [1.807, 2.05) is 0 Å². The van der Waals surface area contributed by atoms with Gasteiger partial charge in [0, 0.05) is 43.7 Å². The first-order valence-corrected chi connectivity index (χ1v) is 10.9. The first-order valence-electron chi connectivity index (χ1n) is 7.85. The van der Waals surface area contributed by atoms with Crippen LogP contribution in [0.4, 0.5) is 0 Å². The summed E-state index contributed by atoms with van der Waals surface area (Å²) in [6.45, 7) is 5.02. The Kier molecular flexibility index (Phi) is 5.12. The number of piperazine rings is 1. The summed E-state index contributed by atoms with van der Waals surface area (Å²) in [7, 11) is -2.77. The Morgan fingerprint density at radius 2 is 2.00 bits per heavy atom. The van der Waals surface area contributed by atoms with E-state index < -0.39 is 9.84 Å². The van der Waals surface area contributed by atoms with E-state index in [-0.39, 0.29) is 6.04 Å². The average Bonchev–Trinajstić information content (AvgIpc) is 2.88. The summed E-state index contributed by atoms with van der Waals surface area (Å²) in [6, 6.07) is 8.98. The second-order valence-electron chi connectivity index (χ2n) is 6.22. The lowest BCUT2D eigenvalue weighted by atomic mass is 10.1. The maximum Gasteiger partial charge on any atom is 0.151 e. The number of benzene rings is 1. The van der Waals surface area contributed by atoms with Gasteiger partial charge in [-0.2, -0.15) is 0 Å². The highest BCUT2D eigenvalue weighted by molar-refractivity contribution is 7.98. The smallest absolute Gasteiger partial charge is 0.151 e. The molecule has 2 saturated heterocycles. The summed E-state index contributed by atoms with van der Waals surface area (Å²) < 4.78 is 23.2. The zero-order chi connectivity index (χ0) is 15.6. The van der Waals surface area contributed by atoms with E-state index in [0.29, 0.717) is 11.5 Å². The Morgan fingerprint density at radius 1 is 1.23 bits per heavy atom. The van der Waals surface area contributed by atoms with Gasteiger partial charge < -0.3 is 0 Å². The maximum atomic E-state index is 11.6. The van der Waals surface area contributed by atoms with Crippen molar-refractivity contribution in [2.24, 2.45) is 0 Å². The molecule has 0 aliphatic carbocycles. The zero-order valence-corrected chi connectivity index (χ0v) is 14.7. The van der Waals surface area contributed by atoms with Crippen LogP contribution in [-0.4, -0.2) is 68.2 Å². The van der Waals surface area contributed by atoms with Gasteiger partial charge in [-0.15, -0.1) is 11.8 Å². The van der Waals surface area contributed by atoms with Gasteiger partial charge in [-0.25, -0.2) is 8.42 Å². The molecule has 0 aromatic heterocycles. The number of hydrogen-bond acceptors (Lipinski definition) is 5. The molecule has 0 radical (unpaired) electrons. The molecule has 0 bridgehead atoms. The fraction of sp³-hybridized carbons (Fsp3) is 0.625. The summed E-state index contributed by atoms with van der Waals surface area (Å²) in [6.07, 6.45) is 2.92. The van der Waals surface area contributed by atoms with E-state index in [9.17, 15) is 8.42 Å². The fourth-order valence-corrected chi connectivity index (χ4v) is 5.62. The molecule has 1 aromatic carbocycles. The van der Waals surface area contributed by atoms with E-state index >= 15 is 0 Å². The van der Waals surface area contributed by atoms with Gasteiger partial charge in [-0.1, -0.05) is 12.1 Å². The number of thioether (sulfide) groups is 1. The molecule has 0 N–H and O–H groups in total. The third kappa shape index (κ3) is 4.04. The summed E-state index contributed by atoms with van der Waals surface area (Å²) >= 11 is 1.78. The fourth-order valence-electron chi connectivity index (χ4n) is 3.38. The van der Waals surface area contributed by atoms with E-state index in [1.54, 1.807) is 11.8 Å². The molecule has 1 aromatic rings. The van der Waals surface area contributed by atoms with Gasteiger partial charge in [-0.05, 0) is 30.4 Å². The highest BCUT2D eigenvalue weighted by Crippen LogP contribution is 2.21. The highest BCUT2D eigenvalue weighted by Gasteiger charge is 2.33. The monoisotopic (exact) mass is 340 g/mol. The van der Waals surface area contributed by atoms with Gasteiger partial charge in [0.15, 0.2) is 9.84 Å². The van der Waals surface area contributed by atoms with E-state index in [0.717, 1.165) is 39.1 Å². The first-order chi connectivity index (χ1) is 10.6. The van der Waals surface area contributed by atoms with Crippen molar-refractivity contribution < 1.29 is 8.42 Å². The van der Waals surface area contributed by atoms with Crippen LogP contribution in [0.15, 0.2) is 29.2 Å². The predicted molar refractivity (Wildman–Crippen MR) is 92.1 cm³/mol. The van der Waals surface area contributed by atoms with Crippen LogP contribution < -0.4 is 0 Å². The lowest BCUT2D eigenvalue weighted by Gasteiger charge is -2.37. The molecule has 2 aliphatic heterocycles. The molecule has 0 saturated carbocycles. The lowest BCUT2D eigenvalue weighted by molar-refractivity contribution is 0.100. The quantitative estimate of drug-likeness (QED) is 0.781. The standard InChI is InChI=1S/C16H24N2O2S2/c1-21-16-4-2-3-14(11-16)12-17-6-8-18(9-7-17)15-5-10-22(19,20)13-15/h2-4,11,15H,5-10,12-13H2,1H3/t15-/m0/s1. The number of hydrogen-bond donors (Lipinski definition) is 0. The number of sulfone groups is 1. The van der Waals surface area contributed by atoms with Crippen molar-refractivity contribution in [3.05, 3.63) is 29.8 Å². The molecule has 0 unspecified atom stereocenters. The van der Waals surface area contributed by atoms with Gasteiger partial charge in [-0.3, -0.25) is 9.80 Å². The van der Waals surface area contributed by atoms with Crippen LogP contribution in [0.3, 0.4) is 0 Å². The molecular weight excluding hydrogens is 316 g/mol. The van der Waals surface area contributed by atoms with Gasteiger partial charge in [0.05, 0.1) is 11.5 Å². The van der Waals surface area contributed by atoms with E-state index in [4.69, 9.17) is 0 Å². The minimum atomic E-state index is -2.77. The van der Waals surface area contributed by atoms with E-state index in [2.05, 4.69) is 40.3 Å². The molecule has 2 fully saturated rings. The first kappa shape index (κ1) is 16.3. The van der Waals surface area contributed by atoms with Crippen LogP contribution in [0.25, 0.3) is 0 Å². The van der Waals surface area contributed by atoms with Crippen LogP contribution in [0.5, 0.6) is 0 Å². The van der Waals surface area contributed by atoms with Gasteiger partial charge >= 0.3 is 0 Å². The molecule has 2 aliphatic rings. The second kappa shape index (κ2) is 6.91. The normalized spacial score (nSPS) is 26.3. The molecule has 0 spiro atoms. The van der Waals surface area contributed by atoms with Gasteiger partial charge in [0.25, 0.3) is 0 Å². The maximum absolute atomic E-state index is 11.6. The van der Waals surface area contributed by atoms with Crippen LogP contribution in [0.1, 0.15) is 12.0 Å². The topological polar surface area (TPSA) is 40.6 Å². The third-order valence-electron chi connectivity index (χ3n) is 4.67. The SMILES string of the molecule is CSc1cccc(CN2CCN([C@H]3CCS(=O)(=O)C3)CC2)c1. The van der Waals surface area contributed by atoms with Crippen molar-refractivity contribution in [2.75, 3.05) is 43.9 Å². The molecule has 2 heterocycles. The molecule has 6 heteroatoms. The second-order valence-corrected chi connectivity index (χ2v) is 9.33. The predicted octanol–water partition coefficient (Wildman–Crippen LogP) is 1.71. The van der Waals surface area contributed by atoms with Crippen molar-refractivity contribution >= 4 is 21.6 Å². The Morgan fingerprint density at radius 3 is 2.64 bits per heavy atom. The molecule has 22 heavy (non-hydrogen) atoms. The number of rotatable bonds is 4. The van der Waals surface area contributed by atoms with Crippen molar-refractivity contribution in [3.63, 3.8) is 0 Å². The molecule has 4 nitrogen and oxygen atoms in total. The Bertz CT molecular complexity index is 610. The molecule has 1 atom stereocenters. The largest absolute Gasteiger partial charge is 0.297 e. The van der Waals surface area contributed by atoms with Gasteiger partial charge in [0.1, 0.15) is 0 Å². The lowest BCUT2D eigenvalue weighted by Crippen LogP contribution is -2.50. The van der Waals surface area contributed by atoms with Gasteiger partial charge in [0.2, 0.25) is 0 Å². The van der Waals surface area contributed by atoms with Crippen LogP contribution in [0.2, 0.25) is 0 Å². The molecular formula is C16H24N2O2S2. The van der Waals surface area contributed by atoms with Crippen molar-refractivity contribution in [1.29, 1.82) is 0 Å². The average molecular weight is 341 g/mol. The Balaban J connectivity index is 1.51. The molecule has 0 amide bonds. The minimum absolute atomic E-state index is 0.256. The van der Waals surface area contributed by atoms with Crippen LogP contribution >= 0.6 is 11.8 Å². The summed E-state index contributed by atoms with van der Waals surface area (Å²) in [5.41, 5.74) is 1.36. The Hall–Kier alpha value is -0.560. The Labute approximate surface area is 137 Å². The molecule has 3 rings (SSSR count). The molecule has 122 valence electrons. The zero-order valence-electron chi connectivity index (χ0n) is 13.1. The van der Waals surface area contributed by atoms with Crippen LogP contribution in [0, 0.1) is 0 Å². The van der Waals surface area contributed by atoms with Crippen molar-refractivity contribution in [1.82, 2.24) is 9.80 Å². The minimum Gasteiger partial charge on any atom is -0.297 e. The van der Waals surface area contributed by atoms with Crippen molar-refractivity contribution in [2.45, 2.75) is 23.9 Å². The summed E-state index contributed by atoms with van der Waals surface area (Å²) in [4.78, 5) is 6.16. The van der Waals surface area contributed by atoms with Crippen molar-refractivity contribution in [3.8, 4) is 0 Å². The summed E-state index contributed by atoms with van der Waals surface area (Å²) in [5, 5.41) is 0.